The second kappa shape index (κ2) is 9.25. The van der Waals surface area contributed by atoms with Crippen LogP contribution in [0, 0.1) is 0 Å². The molecule has 0 aliphatic rings. The molecule has 0 unspecified atom stereocenters. The smallest absolute Gasteiger partial charge is 0.259 e. The van der Waals surface area contributed by atoms with Gasteiger partial charge in [0.05, 0.1) is 18.0 Å². The maximum absolute atomic E-state index is 12.2. The number of aromatic amines is 1. The topological polar surface area (TPSA) is 64.2 Å². The summed E-state index contributed by atoms with van der Waals surface area (Å²) in [5, 5.41) is 1.68. The van der Waals surface area contributed by atoms with Crippen LogP contribution in [-0.2, 0) is 6.61 Å². The van der Waals surface area contributed by atoms with E-state index in [0.717, 1.165) is 11.1 Å². The molecule has 0 amide bonds. The van der Waals surface area contributed by atoms with E-state index in [2.05, 4.69) is 9.97 Å². The molecule has 156 valence electrons. The van der Waals surface area contributed by atoms with Crippen molar-refractivity contribution in [2.75, 3.05) is 7.11 Å². The maximum Gasteiger partial charge on any atom is 0.259 e. The molecule has 1 aromatic heterocycles. The molecule has 3 aromatic carbocycles. The minimum Gasteiger partial charge on any atom is -0.493 e. The molecule has 0 atom stereocenters. The predicted octanol–water partition coefficient (Wildman–Crippen LogP) is 5.99. The molecule has 7 heteroatoms. The van der Waals surface area contributed by atoms with Crippen molar-refractivity contribution in [1.29, 1.82) is 0 Å². The third-order valence-electron chi connectivity index (χ3n) is 4.65. The number of ether oxygens (including phenoxy) is 2. The van der Waals surface area contributed by atoms with Gasteiger partial charge in [-0.2, -0.15) is 0 Å². The van der Waals surface area contributed by atoms with E-state index in [1.807, 2.05) is 48.5 Å². The van der Waals surface area contributed by atoms with Crippen molar-refractivity contribution in [3.05, 3.63) is 98.0 Å². The van der Waals surface area contributed by atoms with Crippen LogP contribution in [0.2, 0.25) is 10.0 Å². The van der Waals surface area contributed by atoms with E-state index in [4.69, 9.17) is 32.7 Å². The predicted molar refractivity (Wildman–Crippen MR) is 125 cm³/mol. The van der Waals surface area contributed by atoms with Crippen molar-refractivity contribution < 1.29 is 9.47 Å². The summed E-state index contributed by atoms with van der Waals surface area (Å²) in [6, 6.07) is 18.0. The summed E-state index contributed by atoms with van der Waals surface area (Å²) in [4.78, 5) is 19.5. The number of fused-ring (bicyclic) bond motifs is 1. The lowest BCUT2D eigenvalue weighted by Crippen LogP contribution is -2.09. The highest BCUT2D eigenvalue weighted by Gasteiger charge is 2.08. The second-order valence-corrected chi connectivity index (χ2v) is 7.58. The van der Waals surface area contributed by atoms with Crippen LogP contribution in [0.3, 0.4) is 0 Å². The van der Waals surface area contributed by atoms with Gasteiger partial charge in [0.2, 0.25) is 0 Å². The number of hydrogen-bond donors (Lipinski definition) is 1. The maximum atomic E-state index is 12.2. The Morgan fingerprint density at radius 3 is 2.65 bits per heavy atom. The third kappa shape index (κ3) is 4.90. The average molecular weight is 453 g/mol. The molecule has 0 saturated carbocycles. The Morgan fingerprint density at radius 2 is 1.84 bits per heavy atom. The lowest BCUT2D eigenvalue weighted by molar-refractivity contribution is 0.284. The van der Waals surface area contributed by atoms with Gasteiger partial charge in [-0.3, -0.25) is 4.79 Å². The van der Waals surface area contributed by atoms with Gasteiger partial charge in [-0.05, 0) is 48.0 Å². The first-order chi connectivity index (χ1) is 15.0. The van der Waals surface area contributed by atoms with Crippen molar-refractivity contribution >= 4 is 46.3 Å². The van der Waals surface area contributed by atoms with Gasteiger partial charge in [0.1, 0.15) is 12.4 Å². The normalized spacial score (nSPS) is 11.2. The standard InChI is InChI=1S/C24H18Cl2N2O3/c1-30-22-12-15(6-10-21(22)31-14-16-8-9-17(25)13-19(16)26)7-11-23-27-20-5-3-2-4-18(20)24(29)28-23/h2-13H,14H2,1H3,(H,27,28,29). The van der Waals surface area contributed by atoms with Gasteiger partial charge in [-0.25, -0.2) is 4.98 Å². The first-order valence-corrected chi connectivity index (χ1v) is 10.2. The monoisotopic (exact) mass is 452 g/mol. The van der Waals surface area contributed by atoms with Gasteiger partial charge in [0.15, 0.2) is 11.5 Å². The number of rotatable bonds is 6. The molecule has 0 aliphatic heterocycles. The molecule has 4 rings (SSSR count). The minimum absolute atomic E-state index is 0.174. The minimum atomic E-state index is -0.174. The Hall–Kier alpha value is -3.28. The molecule has 0 saturated heterocycles. The first kappa shape index (κ1) is 21.0. The van der Waals surface area contributed by atoms with E-state index in [0.29, 0.717) is 38.3 Å². The van der Waals surface area contributed by atoms with Crippen LogP contribution in [0.4, 0.5) is 0 Å². The van der Waals surface area contributed by atoms with Gasteiger partial charge >= 0.3 is 0 Å². The summed E-state index contributed by atoms with van der Waals surface area (Å²) < 4.78 is 11.3. The fraction of sp³-hybridized carbons (Fsp3) is 0.0833. The quantitative estimate of drug-likeness (QED) is 0.390. The Labute approximate surface area is 188 Å². The van der Waals surface area contributed by atoms with Crippen LogP contribution in [0.1, 0.15) is 17.0 Å². The zero-order valence-electron chi connectivity index (χ0n) is 16.6. The molecule has 0 fully saturated rings. The summed E-state index contributed by atoms with van der Waals surface area (Å²) in [7, 11) is 1.58. The molecule has 31 heavy (non-hydrogen) atoms. The van der Waals surface area contributed by atoms with E-state index in [1.54, 1.807) is 31.4 Å². The summed E-state index contributed by atoms with van der Waals surface area (Å²) in [5.41, 5.74) is 2.16. The van der Waals surface area contributed by atoms with E-state index >= 15 is 0 Å². The molecule has 0 aliphatic carbocycles. The van der Waals surface area contributed by atoms with E-state index in [1.165, 1.54) is 0 Å². The summed E-state index contributed by atoms with van der Waals surface area (Å²) in [6.45, 7) is 0.282. The molecule has 5 nitrogen and oxygen atoms in total. The Balaban J connectivity index is 1.53. The van der Waals surface area contributed by atoms with Gasteiger partial charge in [0.25, 0.3) is 5.56 Å². The SMILES string of the molecule is COc1cc(C=Cc2nc3ccccc3c(=O)[nH]2)ccc1OCc1ccc(Cl)cc1Cl. The summed E-state index contributed by atoms with van der Waals surface area (Å²) in [6.07, 6.45) is 3.59. The molecule has 0 bridgehead atoms. The highest BCUT2D eigenvalue weighted by molar-refractivity contribution is 6.35. The van der Waals surface area contributed by atoms with Crippen molar-refractivity contribution in [1.82, 2.24) is 9.97 Å². The van der Waals surface area contributed by atoms with Crippen molar-refractivity contribution in [2.24, 2.45) is 0 Å². The third-order valence-corrected chi connectivity index (χ3v) is 5.24. The number of methoxy groups -OCH3 is 1. The molecular formula is C24H18Cl2N2O3. The summed E-state index contributed by atoms with van der Waals surface area (Å²) in [5.74, 6) is 1.63. The second-order valence-electron chi connectivity index (χ2n) is 6.74. The number of hydrogen-bond acceptors (Lipinski definition) is 4. The fourth-order valence-electron chi connectivity index (χ4n) is 3.06. The first-order valence-electron chi connectivity index (χ1n) is 9.45. The van der Waals surface area contributed by atoms with E-state index < -0.39 is 0 Å². The highest BCUT2D eigenvalue weighted by atomic mass is 35.5. The lowest BCUT2D eigenvalue weighted by atomic mass is 10.1. The van der Waals surface area contributed by atoms with E-state index in [9.17, 15) is 4.79 Å². The Kier molecular flexibility index (Phi) is 6.26. The Morgan fingerprint density at radius 1 is 1.00 bits per heavy atom. The number of nitrogens with zero attached hydrogens (tertiary/aromatic N) is 1. The molecule has 1 heterocycles. The number of H-pyrrole nitrogens is 1. The van der Waals surface area contributed by atoms with Gasteiger partial charge in [0, 0.05) is 15.6 Å². The zero-order chi connectivity index (χ0) is 21.8. The summed E-state index contributed by atoms with van der Waals surface area (Å²) >= 11 is 12.1. The number of halogens is 2. The van der Waals surface area contributed by atoms with Gasteiger partial charge in [-0.15, -0.1) is 0 Å². The molecular weight excluding hydrogens is 435 g/mol. The van der Waals surface area contributed by atoms with Crippen LogP contribution in [-0.4, -0.2) is 17.1 Å². The lowest BCUT2D eigenvalue weighted by Gasteiger charge is -2.12. The Bertz CT molecular complexity index is 1330. The highest BCUT2D eigenvalue weighted by Crippen LogP contribution is 2.30. The zero-order valence-corrected chi connectivity index (χ0v) is 18.1. The number of para-hydroxylation sites is 1. The van der Waals surface area contributed by atoms with Crippen molar-refractivity contribution in [3.8, 4) is 11.5 Å². The fourth-order valence-corrected chi connectivity index (χ4v) is 3.52. The van der Waals surface area contributed by atoms with Crippen molar-refractivity contribution in [3.63, 3.8) is 0 Å². The van der Waals surface area contributed by atoms with Gasteiger partial charge in [-0.1, -0.05) is 53.5 Å². The molecule has 0 radical (unpaired) electrons. The van der Waals surface area contributed by atoms with Crippen LogP contribution >= 0.6 is 23.2 Å². The van der Waals surface area contributed by atoms with Crippen LogP contribution in [0.15, 0.2) is 65.5 Å². The van der Waals surface area contributed by atoms with Crippen LogP contribution in [0.5, 0.6) is 11.5 Å². The average Bonchev–Trinajstić information content (AvgIpc) is 2.77. The van der Waals surface area contributed by atoms with Crippen LogP contribution < -0.4 is 15.0 Å². The number of nitrogens with one attached hydrogen (secondary N) is 1. The van der Waals surface area contributed by atoms with Crippen LogP contribution in [0.25, 0.3) is 23.1 Å². The van der Waals surface area contributed by atoms with E-state index in [-0.39, 0.29) is 12.2 Å². The number of aromatic nitrogens is 2. The van der Waals surface area contributed by atoms with Gasteiger partial charge < -0.3 is 14.5 Å². The molecule has 1 N–H and O–H groups in total. The largest absolute Gasteiger partial charge is 0.493 e. The molecule has 4 aromatic rings. The molecule has 0 spiro atoms. The van der Waals surface area contributed by atoms with Crippen molar-refractivity contribution in [2.45, 2.75) is 6.61 Å². The number of benzene rings is 3.